The third-order valence-electron chi connectivity index (χ3n) is 6.40. The van der Waals surface area contributed by atoms with Crippen LogP contribution in [0.2, 0.25) is 0 Å². The van der Waals surface area contributed by atoms with Gasteiger partial charge >= 0.3 is 5.69 Å². The second-order valence-electron chi connectivity index (χ2n) is 9.57. The second-order valence-corrected chi connectivity index (χ2v) is 9.57. The van der Waals surface area contributed by atoms with Gasteiger partial charge in [0.1, 0.15) is 5.75 Å². The molecule has 5 nitrogen and oxygen atoms in total. The van der Waals surface area contributed by atoms with Crippen LogP contribution in [0.15, 0.2) is 42.5 Å². The van der Waals surface area contributed by atoms with Crippen molar-refractivity contribution in [3.05, 3.63) is 52.6 Å². The standard InChI is InChI=1S/C30H45NO4/c1-4-6-8-10-11-12-13-15-23-34-28-20-17-26(18-21-28)27-19-22-30(29(24-27)31(32)33)35-25(3)16-14-9-7-5-2/h17-22,24-25H,4-16,23H2,1-3H3/t25-/m1/s1. The molecule has 0 aromatic heterocycles. The summed E-state index contributed by atoms with van der Waals surface area (Å²) in [6.45, 7) is 7.14. The van der Waals surface area contributed by atoms with Crippen LogP contribution in [-0.2, 0) is 0 Å². The highest BCUT2D eigenvalue weighted by atomic mass is 16.6. The first kappa shape index (κ1) is 28.7. The van der Waals surface area contributed by atoms with Crippen molar-refractivity contribution in [2.75, 3.05) is 6.61 Å². The Morgan fingerprint density at radius 2 is 1.34 bits per heavy atom. The molecule has 1 atom stereocenters. The number of nitro groups is 1. The van der Waals surface area contributed by atoms with E-state index in [0.29, 0.717) is 5.75 Å². The molecule has 2 aromatic carbocycles. The Morgan fingerprint density at radius 3 is 1.97 bits per heavy atom. The fourth-order valence-corrected chi connectivity index (χ4v) is 4.24. The van der Waals surface area contributed by atoms with Crippen LogP contribution < -0.4 is 9.47 Å². The zero-order valence-electron chi connectivity index (χ0n) is 22.1. The molecule has 0 saturated carbocycles. The van der Waals surface area contributed by atoms with Crippen LogP contribution in [0.1, 0.15) is 104 Å². The maximum absolute atomic E-state index is 11.7. The van der Waals surface area contributed by atoms with Gasteiger partial charge in [-0.15, -0.1) is 0 Å². The first-order chi connectivity index (χ1) is 17.0. The van der Waals surface area contributed by atoms with Crippen LogP contribution in [0.3, 0.4) is 0 Å². The van der Waals surface area contributed by atoms with E-state index in [-0.39, 0.29) is 16.7 Å². The highest BCUT2D eigenvalue weighted by Crippen LogP contribution is 2.34. The molecule has 0 aliphatic heterocycles. The van der Waals surface area contributed by atoms with Crippen LogP contribution in [0, 0.1) is 10.1 Å². The lowest BCUT2D eigenvalue weighted by Gasteiger charge is -2.15. The summed E-state index contributed by atoms with van der Waals surface area (Å²) >= 11 is 0. The third kappa shape index (κ3) is 11.1. The Labute approximate surface area is 212 Å². The van der Waals surface area contributed by atoms with E-state index in [1.807, 2.05) is 37.3 Å². The number of nitro benzene ring substituents is 1. The minimum atomic E-state index is -0.357. The molecular weight excluding hydrogens is 438 g/mol. The Kier molecular flexibility index (Phi) is 13.9. The van der Waals surface area contributed by atoms with Gasteiger partial charge in [0.15, 0.2) is 5.75 Å². The van der Waals surface area contributed by atoms with Gasteiger partial charge in [-0.1, -0.05) is 96.3 Å². The molecular formula is C30H45NO4. The molecule has 0 spiro atoms. The Hall–Kier alpha value is -2.56. The van der Waals surface area contributed by atoms with Crippen LogP contribution in [0.5, 0.6) is 11.5 Å². The molecule has 0 heterocycles. The molecule has 0 aliphatic carbocycles. The number of unbranched alkanes of at least 4 members (excludes halogenated alkanes) is 10. The lowest BCUT2D eigenvalue weighted by atomic mass is 10.0. The van der Waals surface area contributed by atoms with Gasteiger partial charge in [-0.25, -0.2) is 0 Å². The van der Waals surface area contributed by atoms with Gasteiger partial charge in [0.2, 0.25) is 0 Å². The largest absolute Gasteiger partial charge is 0.494 e. The van der Waals surface area contributed by atoms with Crippen molar-refractivity contribution in [3.8, 4) is 22.6 Å². The second kappa shape index (κ2) is 17.0. The maximum Gasteiger partial charge on any atom is 0.311 e. The van der Waals surface area contributed by atoms with Gasteiger partial charge in [-0.3, -0.25) is 10.1 Å². The minimum absolute atomic E-state index is 0.0120. The number of ether oxygens (including phenoxy) is 2. The predicted molar refractivity (Wildman–Crippen MR) is 145 cm³/mol. The van der Waals surface area contributed by atoms with E-state index in [2.05, 4.69) is 13.8 Å². The average molecular weight is 484 g/mol. The van der Waals surface area contributed by atoms with Gasteiger partial charge in [0.05, 0.1) is 17.6 Å². The van der Waals surface area contributed by atoms with E-state index < -0.39 is 0 Å². The van der Waals surface area contributed by atoms with Gasteiger partial charge < -0.3 is 9.47 Å². The summed E-state index contributed by atoms with van der Waals surface area (Å²) in [6.07, 6.45) is 15.7. The van der Waals surface area contributed by atoms with E-state index in [0.717, 1.165) is 42.7 Å². The summed E-state index contributed by atoms with van der Waals surface area (Å²) in [5, 5.41) is 11.7. The lowest BCUT2D eigenvalue weighted by molar-refractivity contribution is -0.386. The van der Waals surface area contributed by atoms with E-state index in [4.69, 9.17) is 9.47 Å². The Morgan fingerprint density at radius 1 is 0.771 bits per heavy atom. The summed E-state index contributed by atoms with van der Waals surface area (Å²) < 4.78 is 11.8. The molecule has 0 saturated heterocycles. The molecule has 35 heavy (non-hydrogen) atoms. The summed E-state index contributed by atoms with van der Waals surface area (Å²) in [6, 6.07) is 13.0. The Bertz CT molecular complexity index is 850. The first-order valence-corrected chi connectivity index (χ1v) is 13.7. The van der Waals surface area contributed by atoms with E-state index in [1.54, 1.807) is 12.1 Å². The number of hydrogen-bond acceptors (Lipinski definition) is 4. The van der Waals surface area contributed by atoms with Crippen molar-refractivity contribution in [2.45, 2.75) is 110 Å². The zero-order valence-corrected chi connectivity index (χ0v) is 22.1. The average Bonchev–Trinajstić information content (AvgIpc) is 2.86. The van der Waals surface area contributed by atoms with Crippen molar-refractivity contribution in [1.29, 1.82) is 0 Å². The highest BCUT2D eigenvalue weighted by Gasteiger charge is 2.18. The zero-order chi connectivity index (χ0) is 25.3. The number of hydrogen-bond donors (Lipinski definition) is 0. The third-order valence-corrected chi connectivity index (χ3v) is 6.40. The molecule has 0 N–H and O–H groups in total. The highest BCUT2D eigenvalue weighted by molar-refractivity contribution is 5.69. The summed E-state index contributed by atoms with van der Waals surface area (Å²) in [5.41, 5.74) is 1.74. The summed E-state index contributed by atoms with van der Waals surface area (Å²) in [5.74, 6) is 1.18. The summed E-state index contributed by atoms with van der Waals surface area (Å²) in [7, 11) is 0. The van der Waals surface area contributed by atoms with Gasteiger partial charge in [0.25, 0.3) is 0 Å². The quantitative estimate of drug-likeness (QED) is 0.113. The predicted octanol–water partition coefficient (Wildman–Crippen LogP) is 9.52. The fraction of sp³-hybridized carbons (Fsp3) is 0.600. The van der Waals surface area contributed by atoms with Crippen molar-refractivity contribution in [1.82, 2.24) is 0 Å². The molecule has 2 rings (SSSR count). The number of benzene rings is 2. The van der Waals surface area contributed by atoms with Crippen molar-refractivity contribution in [2.24, 2.45) is 0 Å². The van der Waals surface area contributed by atoms with Gasteiger partial charge in [-0.2, -0.15) is 0 Å². The van der Waals surface area contributed by atoms with Crippen molar-refractivity contribution < 1.29 is 14.4 Å². The monoisotopic (exact) mass is 483 g/mol. The molecule has 2 aromatic rings. The molecule has 0 fully saturated rings. The molecule has 0 bridgehead atoms. The molecule has 0 amide bonds. The minimum Gasteiger partial charge on any atom is -0.494 e. The van der Waals surface area contributed by atoms with E-state index in [9.17, 15) is 10.1 Å². The Balaban J connectivity index is 1.85. The van der Waals surface area contributed by atoms with Gasteiger partial charge in [-0.05, 0) is 55.5 Å². The van der Waals surface area contributed by atoms with Crippen LogP contribution in [0.4, 0.5) is 5.69 Å². The SMILES string of the molecule is CCCCCCCCCCOc1ccc(-c2ccc(O[C@H](C)CCCCCC)c([N+](=O)[O-])c2)cc1. The fourth-order valence-electron chi connectivity index (χ4n) is 4.24. The van der Waals surface area contributed by atoms with E-state index in [1.165, 1.54) is 64.2 Å². The number of rotatable bonds is 19. The molecule has 0 aliphatic rings. The van der Waals surface area contributed by atoms with Crippen LogP contribution in [-0.4, -0.2) is 17.6 Å². The first-order valence-electron chi connectivity index (χ1n) is 13.7. The topological polar surface area (TPSA) is 61.6 Å². The molecule has 5 heteroatoms. The smallest absolute Gasteiger partial charge is 0.311 e. The molecule has 194 valence electrons. The van der Waals surface area contributed by atoms with Crippen LogP contribution >= 0.6 is 0 Å². The van der Waals surface area contributed by atoms with Crippen molar-refractivity contribution >= 4 is 5.69 Å². The molecule has 0 radical (unpaired) electrons. The van der Waals surface area contributed by atoms with Crippen LogP contribution in [0.25, 0.3) is 11.1 Å². The van der Waals surface area contributed by atoms with Crippen molar-refractivity contribution in [3.63, 3.8) is 0 Å². The maximum atomic E-state index is 11.7. The van der Waals surface area contributed by atoms with Gasteiger partial charge in [0, 0.05) is 6.07 Å². The number of nitrogens with zero attached hydrogens (tertiary/aromatic N) is 1. The molecule has 0 unspecified atom stereocenters. The summed E-state index contributed by atoms with van der Waals surface area (Å²) in [4.78, 5) is 11.3. The lowest BCUT2D eigenvalue weighted by Crippen LogP contribution is -2.12. The van der Waals surface area contributed by atoms with E-state index >= 15 is 0 Å². The normalized spacial score (nSPS) is 11.9.